The number of H-pyrrole nitrogens is 1. The second-order valence-electron chi connectivity index (χ2n) is 7.27. The average Bonchev–Trinajstić information content (AvgIpc) is 3.33. The van der Waals surface area contributed by atoms with Gasteiger partial charge in [0.15, 0.2) is 0 Å². The maximum absolute atomic E-state index is 12.7. The highest BCUT2D eigenvalue weighted by molar-refractivity contribution is 7.89. The van der Waals surface area contributed by atoms with E-state index in [0.29, 0.717) is 32.6 Å². The van der Waals surface area contributed by atoms with Crippen molar-refractivity contribution in [3.8, 4) is 0 Å². The summed E-state index contributed by atoms with van der Waals surface area (Å²) in [5.74, 6) is 0.0627. The van der Waals surface area contributed by atoms with Gasteiger partial charge in [-0.15, -0.1) is 0 Å². The van der Waals surface area contributed by atoms with Crippen LogP contribution >= 0.6 is 0 Å². The standard InChI is InChI=1S/C19H25N3O3S/c23-19(13-15-14-20-18-8-4-3-7-17(15)18)21-9-11-22(12-10-21)26(24,25)16-5-1-2-6-16/h3-4,7-8,14,16,20H,1-2,5-6,9-13H2. The largest absolute Gasteiger partial charge is 0.361 e. The van der Waals surface area contributed by atoms with Crippen molar-refractivity contribution in [3.05, 3.63) is 36.0 Å². The van der Waals surface area contributed by atoms with E-state index < -0.39 is 10.0 Å². The van der Waals surface area contributed by atoms with E-state index in [0.717, 1.165) is 42.1 Å². The van der Waals surface area contributed by atoms with E-state index in [1.807, 2.05) is 30.5 Å². The molecule has 1 aliphatic heterocycles. The fraction of sp³-hybridized carbons (Fsp3) is 0.526. The second-order valence-corrected chi connectivity index (χ2v) is 9.48. The number of hydrogen-bond acceptors (Lipinski definition) is 3. The highest BCUT2D eigenvalue weighted by atomic mass is 32.2. The maximum atomic E-state index is 12.7. The molecule has 2 heterocycles. The first-order valence-corrected chi connectivity index (χ1v) is 10.9. The average molecular weight is 375 g/mol. The van der Waals surface area contributed by atoms with Gasteiger partial charge in [-0.05, 0) is 24.5 Å². The first-order valence-electron chi connectivity index (χ1n) is 9.37. The Balaban J connectivity index is 1.38. The summed E-state index contributed by atoms with van der Waals surface area (Å²) in [7, 11) is -3.20. The lowest BCUT2D eigenvalue weighted by molar-refractivity contribution is -0.131. The van der Waals surface area contributed by atoms with Crippen LogP contribution in [0.3, 0.4) is 0 Å². The van der Waals surface area contributed by atoms with Crippen LogP contribution in [-0.2, 0) is 21.2 Å². The van der Waals surface area contributed by atoms with Crippen molar-refractivity contribution in [2.75, 3.05) is 26.2 Å². The minimum Gasteiger partial charge on any atom is -0.361 e. The molecule has 1 aliphatic carbocycles. The van der Waals surface area contributed by atoms with Crippen molar-refractivity contribution < 1.29 is 13.2 Å². The molecule has 0 spiro atoms. The van der Waals surface area contributed by atoms with E-state index in [1.54, 1.807) is 9.21 Å². The zero-order chi connectivity index (χ0) is 18.1. The smallest absolute Gasteiger partial charge is 0.227 e. The Bertz CT molecular complexity index is 892. The van der Waals surface area contributed by atoms with Gasteiger partial charge in [0.25, 0.3) is 0 Å². The van der Waals surface area contributed by atoms with Crippen LogP contribution in [0.1, 0.15) is 31.2 Å². The summed E-state index contributed by atoms with van der Waals surface area (Å²) < 4.78 is 27.0. The Hall–Kier alpha value is -1.86. The van der Waals surface area contributed by atoms with Crippen LogP contribution in [0, 0.1) is 0 Å². The topological polar surface area (TPSA) is 73.5 Å². The van der Waals surface area contributed by atoms with Gasteiger partial charge < -0.3 is 9.88 Å². The zero-order valence-corrected chi connectivity index (χ0v) is 15.7. The third-order valence-corrected chi connectivity index (χ3v) is 8.09. The molecule has 2 aliphatic rings. The van der Waals surface area contributed by atoms with Crippen LogP contribution in [0.15, 0.2) is 30.5 Å². The lowest BCUT2D eigenvalue weighted by Gasteiger charge is -2.35. The summed E-state index contributed by atoms with van der Waals surface area (Å²) in [6.45, 7) is 1.79. The van der Waals surface area contributed by atoms with E-state index in [4.69, 9.17) is 0 Å². The van der Waals surface area contributed by atoms with Gasteiger partial charge in [0, 0.05) is 43.3 Å². The number of sulfonamides is 1. The van der Waals surface area contributed by atoms with Gasteiger partial charge in [0.1, 0.15) is 0 Å². The predicted molar refractivity (Wildman–Crippen MR) is 101 cm³/mol. The van der Waals surface area contributed by atoms with E-state index in [-0.39, 0.29) is 11.2 Å². The molecule has 0 unspecified atom stereocenters. The van der Waals surface area contributed by atoms with E-state index in [1.165, 1.54) is 0 Å². The van der Waals surface area contributed by atoms with Crippen LogP contribution in [-0.4, -0.2) is 59.9 Å². The quantitative estimate of drug-likeness (QED) is 0.890. The third-order valence-electron chi connectivity index (χ3n) is 5.69. The molecule has 1 aromatic heterocycles. The fourth-order valence-electron chi connectivity index (χ4n) is 4.14. The zero-order valence-electron chi connectivity index (χ0n) is 14.9. The number of rotatable bonds is 4. The lowest BCUT2D eigenvalue weighted by atomic mass is 10.1. The van der Waals surface area contributed by atoms with Gasteiger partial charge in [-0.25, -0.2) is 8.42 Å². The van der Waals surface area contributed by atoms with Crippen molar-refractivity contribution in [1.82, 2.24) is 14.2 Å². The molecule has 2 aromatic rings. The van der Waals surface area contributed by atoms with Crippen molar-refractivity contribution in [3.63, 3.8) is 0 Å². The molecular formula is C19H25N3O3S. The summed E-state index contributed by atoms with van der Waals surface area (Å²) in [4.78, 5) is 17.7. The van der Waals surface area contributed by atoms with Crippen molar-refractivity contribution in [2.45, 2.75) is 37.4 Å². The highest BCUT2D eigenvalue weighted by Crippen LogP contribution is 2.28. The molecule has 1 saturated heterocycles. The molecule has 0 atom stereocenters. The number of aromatic amines is 1. The molecule has 2 fully saturated rings. The number of carbonyl (C=O) groups is 1. The van der Waals surface area contributed by atoms with Gasteiger partial charge >= 0.3 is 0 Å². The molecule has 1 amide bonds. The molecule has 1 N–H and O–H groups in total. The van der Waals surface area contributed by atoms with Gasteiger partial charge in [0.2, 0.25) is 15.9 Å². The highest BCUT2D eigenvalue weighted by Gasteiger charge is 2.36. The minimum atomic E-state index is -3.20. The molecule has 1 saturated carbocycles. The van der Waals surface area contributed by atoms with Crippen LogP contribution in [0.25, 0.3) is 10.9 Å². The van der Waals surface area contributed by atoms with E-state index >= 15 is 0 Å². The molecule has 0 radical (unpaired) electrons. The van der Waals surface area contributed by atoms with Crippen molar-refractivity contribution in [1.29, 1.82) is 0 Å². The number of carbonyl (C=O) groups excluding carboxylic acids is 1. The van der Waals surface area contributed by atoms with Crippen molar-refractivity contribution >= 4 is 26.8 Å². The molecule has 0 bridgehead atoms. The van der Waals surface area contributed by atoms with Gasteiger partial charge in [0.05, 0.1) is 11.7 Å². The number of aromatic nitrogens is 1. The molecule has 140 valence electrons. The number of piperazine rings is 1. The third kappa shape index (κ3) is 3.25. The molecule has 7 heteroatoms. The first-order chi connectivity index (χ1) is 12.6. The van der Waals surface area contributed by atoms with Crippen LogP contribution in [0.2, 0.25) is 0 Å². The van der Waals surface area contributed by atoms with E-state index in [9.17, 15) is 13.2 Å². The van der Waals surface area contributed by atoms with Gasteiger partial charge in [-0.2, -0.15) is 4.31 Å². The first kappa shape index (κ1) is 17.5. The molecule has 26 heavy (non-hydrogen) atoms. The normalized spacial score (nSPS) is 20.1. The van der Waals surface area contributed by atoms with Gasteiger partial charge in [-0.1, -0.05) is 31.0 Å². The Morgan fingerprint density at radius 2 is 1.77 bits per heavy atom. The number of para-hydroxylation sites is 1. The molecule has 1 aromatic carbocycles. The number of amides is 1. The number of hydrogen-bond donors (Lipinski definition) is 1. The second kappa shape index (κ2) is 7.04. The summed E-state index contributed by atoms with van der Waals surface area (Å²) >= 11 is 0. The lowest BCUT2D eigenvalue weighted by Crippen LogP contribution is -2.52. The van der Waals surface area contributed by atoms with Crippen LogP contribution < -0.4 is 0 Å². The SMILES string of the molecule is O=C(Cc1c[nH]c2ccccc12)N1CCN(S(=O)(=O)C2CCCC2)CC1. The summed E-state index contributed by atoms with van der Waals surface area (Å²) in [6.07, 6.45) is 5.81. The maximum Gasteiger partial charge on any atom is 0.227 e. The monoisotopic (exact) mass is 375 g/mol. The van der Waals surface area contributed by atoms with Gasteiger partial charge in [-0.3, -0.25) is 4.79 Å². The van der Waals surface area contributed by atoms with E-state index in [2.05, 4.69) is 4.98 Å². The summed E-state index contributed by atoms with van der Waals surface area (Å²) in [6, 6.07) is 7.95. The van der Waals surface area contributed by atoms with Crippen LogP contribution in [0.4, 0.5) is 0 Å². The summed E-state index contributed by atoms with van der Waals surface area (Å²) in [5.41, 5.74) is 2.02. The number of nitrogens with zero attached hydrogens (tertiary/aromatic N) is 2. The summed E-state index contributed by atoms with van der Waals surface area (Å²) in [5, 5.41) is 0.860. The Morgan fingerprint density at radius 3 is 2.50 bits per heavy atom. The minimum absolute atomic E-state index is 0.0627. The Kier molecular flexibility index (Phi) is 4.75. The molecular weight excluding hydrogens is 350 g/mol. The fourth-order valence-corrected chi connectivity index (χ4v) is 6.16. The molecule has 6 nitrogen and oxygen atoms in total. The van der Waals surface area contributed by atoms with Crippen LogP contribution in [0.5, 0.6) is 0 Å². The van der Waals surface area contributed by atoms with Crippen molar-refractivity contribution in [2.24, 2.45) is 0 Å². The Labute approximate surface area is 154 Å². The number of nitrogens with one attached hydrogen (secondary N) is 1. The number of benzene rings is 1. The Morgan fingerprint density at radius 1 is 1.08 bits per heavy atom. The molecule has 4 rings (SSSR count). The predicted octanol–water partition coefficient (Wildman–Crippen LogP) is 2.13. The number of fused-ring (bicyclic) bond motifs is 1.